The van der Waals surface area contributed by atoms with Crippen LogP contribution in [0.25, 0.3) is 0 Å². The Bertz CT molecular complexity index is 866. The number of aliphatic imine (C=N–C) groups is 1. The maximum atomic E-state index is 6.20. The average molecular weight is 442 g/mol. The summed E-state index contributed by atoms with van der Waals surface area (Å²) in [5.74, 6) is 2.50. The second-order valence-corrected chi connectivity index (χ2v) is 7.84. The number of nitrogens with one attached hydrogen (secondary N) is 2. The minimum Gasteiger partial charge on any atom is -0.493 e. The van der Waals surface area contributed by atoms with Gasteiger partial charge in [0, 0.05) is 52.3 Å². The third-order valence-electron chi connectivity index (χ3n) is 5.19. The number of aryl methyl sites for hydroxylation is 1. The van der Waals surface area contributed by atoms with Crippen LogP contribution in [0.5, 0.6) is 11.5 Å². The van der Waals surface area contributed by atoms with Gasteiger partial charge in [0.05, 0.1) is 19.8 Å². The Kier molecular flexibility index (Phi) is 9.65. The van der Waals surface area contributed by atoms with Crippen LogP contribution in [0.15, 0.2) is 47.5 Å². The molecular weight excluding hydrogens is 406 g/mol. The lowest BCUT2D eigenvalue weighted by atomic mass is 10.1. The smallest absolute Gasteiger partial charge is 0.191 e. The number of methoxy groups -OCH3 is 1. The van der Waals surface area contributed by atoms with Crippen LogP contribution in [0, 0.1) is 6.92 Å². The lowest BCUT2D eigenvalue weighted by molar-refractivity contribution is 0.140. The Balaban J connectivity index is 1.51. The molecule has 1 saturated heterocycles. The molecule has 0 radical (unpaired) electrons. The third-order valence-corrected chi connectivity index (χ3v) is 5.19. The summed E-state index contributed by atoms with van der Waals surface area (Å²) < 4.78 is 22.5. The number of rotatable bonds is 11. The van der Waals surface area contributed by atoms with Crippen LogP contribution in [0.4, 0.5) is 0 Å². The SMILES string of the molecule is CN=C(NCc1cccc(OCCCOC)c1)NCc1ccc(C)cc1OC1CCOC1. The topological polar surface area (TPSA) is 73.3 Å². The van der Waals surface area contributed by atoms with E-state index in [1.54, 1.807) is 14.2 Å². The van der Waals surface area contributed by atoms with Gasteiger partial charge in [-0.2, -0.15) is 0 Å². The van der Waals surface area contributed by atoms with E-state index in [-0.39, 0.29) is 6.10 Å². The minimum absolute atomic E-state index is 0.122. The highest BCUT2D eigenvalue weighted by Gasteiger charge is 2.18. The van der Waals surface area contributed by atoms with Crippen LogP contribution in [-0.4, -0.2) is 52.6 Å². The lowest BCUT2D eigenvalue weighted by Gasteiger charge is -2.18. The van der Waals surface area contributed by atoms with Crippen molar-refractivity contribution in [1.29, 1.82) is 0 Å². The van der Waals surface area contributed by atoms with Crippen molar-refractivity contribution < 1.29 is 18.9 Å². The van der Waals surface area contributed by atoms with E-state index < -0.39 is 0 Å². The van der Waals surface area contributed by atoms with E-state index in [0.29, 0.717) is 32.9 Å². The van der Waals surface area contributed by atoms with Gasteiger partial charge in [-0.1, -0.05) is 24.3 Å². The Morgan fingerprint density at radius 1 is 1.12 bits per heavy atom. The molecule has 1 heterocycles. The van der Waals surface area contributed by atoms with Crippen molar-refractivity contribution in [2.24, 2.45) is 4.99 Å². The van der Waals surface area contributed by atoms with Gasteiger partial charge < -0.3 is 29.6 Å². The van der Waals surface area contributed by atoms with E-state index in [1.807, 2.05) is 18.2 Å². The quantitative estimate of drug-likeness (QED) is 0.316. The summed E-state index contributed by atoms with van der Waals surface area (Å²) >= 11 is 0. The van der Waals surface area contributed by atoms with Gasteiger partial charge in [0.2, 0.25) is 0 Å². The van der Waals surface area contributed by atoms with Crippen molar-refractivity contribution in [3.05, 3.63) is 59.2 Å². The molecular formula is C25H35N3O4. The highest BCUT2D eigenvalue weighted by molar-refractivity contribution is 5.79. The largest absolute Gasteiger partial charge is 0.493 e. The average Bonchev–Trinajstić information content (AvgIpc) is 3.31. The molecule has 1 fully saturated rings. The van der Waals surface area contributed by atoms with Crippen LogP contribution in [0.3, 0.4) is 0 Å². The van der Waals surface area contributed by atoms with Crippen molar-refractivity contribution in [3.63, 3.8) is 0 Å². The fourth-order valence-corrected chi connectivity index (χ4v) is 3.43. The fourth-order valence-electron chi connectivity index (χ4n) is 3.43. The molecule has 2 N–H and O–H groups in total. The first-order valence-corrected chi connectivity index (χ1v) is 11.2. The zero-order chi connectivity index (χ0) is 22.6. The minimum atomic E-state index is 0.122. The molecule has 7 nitrogen and oxygen atoms in total. The highest BCUT2D eigenvalue weighted by atomic mass is 16.5. The second-order valence-electron chi connectivity index (χ2n) is 7.84. The van der Waals surface area contributed by atoms with Gasteiger partial charge in [-0.15, -0.1) is 0 Å². The molecule has 1 aliphatic heterocycles. The van der Waals surface area contributed by atoms with Gasteiger partial charge >= 0.3 is 0 Å². The van der Waals surface area contributed by atoms with E-state index in [0.717, 1.165) is 48.0 Å². The van der Waals surface area contributed by atoms with Crippen molar-refractivity contribution in [2.75, 3.05) is 40.6 Å². The summed E-state index contributed by atoms with van der Waals surface area (Å²) in [7, 11) is 3.47. The zero-order valence-electron chi connectivity index (χ0n) is 19.4. The molecule has 0 amide bonds. The van der Waals surface area contributed by atoms with Crippen LogP contribution >= 0.6 is 0 Å². The van der Waals surface area contributed by atoms with Crippen molar-refractivity contribution in [1.82, 2.24) is 10.6 Å². The second kappa shape index (κ2) is 12.9. The molecule has 0 bridgehead atoms. The first kappa shape index (κ1) is 23.9. The standard InChI is InChI=1S/C25H35N3O4/c1-19-8-9-21(24(14-19)32-23-10-13-30-18-23)17-28-25(26-2)27-16-20-6-4-7-22(15-20)31-12-5-11-29-3/h4,6-9,14-15,23H,5,10-13,16-18H2,1-3H3,(H2,26,27,28). The summed E-state index contributed by atoms with van der Waals surface area (Å²) in [5.41, 5.74) is 3.39. The summed E-state index contributed by atoms with van der Waals surface area (Å²) in [6, 6.07) is 14.4. The number of benzene rings is 2. The lowest BCUT2D eigenvalue weighted by Crippen LogP contribution is -2.36. The number of hydrogen-bond acceptors (Lipinski definition) is 5. The van der Waals surface area contributed by atoms with Crippen LogP contribution in [0.1, 0.15) is 29.5 Å². The maximum Gasteiger partial charge on any atom is 0.191 e. The van der Waals surface area contributed by atoms with E-state index in [9.17, 15) is 0 Å². The van der Waals surface area contributed by atoms with E-state index in [1.165, 1.54) is 5.56 Å². The molecule has 0 aliphatic carbocycles. The molecule has 174 valence electrons. The first-order chi connectivity index (χ1) is 15.7. The Morgan fingerprint density at radius 3 is 2.78 bits per heavy atom. The molecule has 7 heteroatoms. The van der Waals surface area contributed by atoms with Gasteiger partial charge in [0.25, 0.3) is 0 Å². The van der Waals surface area contributed by atoms with Crippen molar-refractivity contribution in [3.8, 4) is 11.5 Å². The van der Waals surface area contributed by atoms with E-state index in [2.05, 4.69) is 46.8 Å². The predicted molar refractivity (Wildman–Crippen MR) is 126 cm³/mol. The Hall–Kier alpha value is -2.77. The molecule has 1 unspecified atom stereocenters. The summed E-state index contributed by atoms with van der Waals surface area (Å²) in [4.78, 5) is 4.35. The van der Waals surface area contributed by atoms with E-state index in [4.69, 9.17) is 18.9 Å². The number of ether oxygens (including phenoxy) is 4. The molecule has 1 aliphatic rings. The zero-order valence-corrected chi connectivity index (χ0v) is 19.4. The third kappa shape index (κ3) is 7.73. The summed E-state index contributed by atoms with van der Waals surface area (Å²) in [5, 5.41) is 6.75. The maximum absolute atomic E-state index is 6.20. The molecule has 2 aromatic carbocycles. The van der Waals surface area contributed by atoms with Gasteiger partial charge in [0.15, 0.2) is 5.96 Å². The molecule has 0 aromatic heterocycles. The molecule has 0 saturated carbocycles. The fraction of sp³-hybridized carbons (Fsp3) is 0.480. The number of hydrogen-bond donors (Lipinski definition) is 2. The Labute approximate surface area is 191 Å². The number of nitrogens with zero attached hydrogens (tertiary/aromatic N) is 1. The molecule has 2 aromatic rings. The predicted octanol–water partition coefficient (Wildman–Crippen LogP) is 3.44. The molecule has 1 atom stereocenters. The van der Waals surface area contributed by atoms with Gasteiger partial charge in [-0.3, -0.25) is 4.99 Å². The highest BCUT2D eigenvalue weighted by Crippen LogP contribution is 2.23. The van der Waals surface area contributed by atoms with Crippen LogP contribution < -0.4 is 20.1 Å². The number of guanidine groups is 1. The summed E-state index contributed by atoms with van der Waals surface area (Å²) in [6.07, 6.45) is 1.92. The molecule has 32 heavy (non-hydrogen) atoms. The molecule has 3 rings (SSSR count). The molecule has 0 spiro atoms. The first-order valence-electron chi connectivity index (χ1n) is 11.2. The summed E-state index contributed by atoms with van der Waals surface area (Å²) in [6.45, 7) is 6.09. The van der Waals surface area contributed by atoms with Gasteiger partial charge in [0.1, 0.15) is 17.6 Å². The van der Waals surface area contributed by atoms with Crippen LogP contribution in [-0.2, 0) is 22.6 Å². The van der Waals surface area contributed by atoms with Crippen molar-refractivity contribution >= 4 is 5.96 Å². The monoisotopic (exact) mass is 441 g/mol. The van der Waals surface area contributed by atoms with Crippen LogP contribution in [0.2, 0.25) is 0 Å². The van der Waals surface area contributed by atoms with Crippen molar-refractivity contribution in [2.45, 2.75) is 39.0 Å². The van der Waals surface area contributed by atoms with Gasteiger partial charge in [-0.25, -0.2) is 0 Å². The van der Waals surface area contributed by atoms with E-state index >= 15 is 0 Å². The normalized spacial score (nSPS) is 16.1. The van der Waals surface area contributed by atoms with Gasteiger partial charge in [-0.05, 0) is 36.2 Å². The Morgan fingerprint density at radius 2 is 2.00 bits per heavy atom.